The standard InChI is InChI=1S/C13H20N4O3S/c1-15(12(19)10-8-21-5-4-14-10)6-9-7-16(2)13(20)17(3)11(9)18/h7,10,14H,4-6,8H2,1-3H3. The lowest BCUT2D eigenvalue weighted by Gasteiger charge is -2.27. The van der Waals surface area contributed by atoms with Crippen LogP contribution in [-0.2, 0) is 25.4 Å². The maximum Gasteiger partial charge on any atom is 0.330 e. The fourth-order valence-corrected chi connectivity index (χ4v) is 3.24. The molecule has 0 aliphatic carbocycles. The molecule has 8 heteroatoms. The Balaban J connectivity index is 2.16. The van der Waals surface area contributed by atoms with E-state index >= 15 is 0 Å². The van der Waals surface area contributed by atoms with Crippen LogP contribution in [0.1, 0.15) is 5.56 Å². The highest BCUT2D eigenvalue weighted by molar-refractivity contribution is 7.99. The van der Waals surface area contributed by atoms with Crippen molar-refractivity contribution in [3.63, 3.8) is 0 Å². The summed E-state index contributed by atoms with van der Waals surface area (Å²) in [6.07, 6.45) is 1.50. The van der Waals surface area contributed by atoms with Gasteiger partial charge in [-0.25, -0.2) is 4.79 Å². The first-order valence-electron chi connectivity index (χ1n) is 6.73. The average Bonchev–Trinajstić information content (AvgIpc) is 2.50. The molecule has 1 aliphatic heterocycles. The van der Waals surface area contributed by atoms with Crippen LogP contribution in [0.4, 0.5) is 0 Å². The summed E-state index contributed by atoms with van der Waals surface area (Å²) in [6.45, 7) is 1.01. The Labute approximate surface area is 126 Å². The van der Waals surface area contributed by atoms with Gasteiger partial charge in [-0.2, -0.15) is 11.8 Å². The number of likely N-dealkylation sites (N-methyl/N-ethyl adjacent to an activating group) is 1. The van der Waals surface area contributed by atoms with E-state index in [0.717, 1.165) is 22.6 Å². The second-order valence-corrected chi connectivity index (χ2v) is 6.34. The number of nitrogens with one attached hydrogen (secondary N) is 1. The van der Waals surface area contributed by atoms with Crippen LogP contribution >= 0.6 is 11.8 Å². The van der Waals surface area contributed by atoms with Crippen molar-refractivity contribution in [1.29, 1.82) is 0 Å². The van der Waals surface area contributed by atoms with Gasteiger partial charge < -0.3 is 14.8 Å². The first kappa shape index (κ1) is 15.8. The van der Waals surface area contributed by atoms with Crippen molar-refractivity contribution in [2.75, 3.05) is 25.1 Å². The molecule has 2 heterocycles. The molecule has 1 amide bonds. The molecule has 1 saturated heterocycles. The lowest BCUT2D eigenvalue weighted by molar-refractivity contribution is -0.132. The van der Waals surface area contributed by atoms with Crippen molar-refractivity contribution in [2.24, 2.45) is 14.1 Å². The normalized spacial score (nSPS) is 18.5. The summed E-state index contributed by atoms with van der Waals surface area (Å²) >= 11 is 1.74. The largest absolute Gasteiger partial charge is 0.340 e. The number of carbonyl (C=O) groups excluding carboxylic acids is 1. The molecular weight excluding hydrogens is 292 g/mol. The van der Waals surface area contributed by atoms with Crippen molar-refractivity contribution in [2.45, 2.75) is 12.6 Å². The highest BCUT2D eigenvalue weighted by Gasteiger charge is 2.24. The third kappa shape index (κ3) is 3.38. The molecule has 0 radical (unpaired) electrons. The molecule has 0 spiro atoms. The lowest BCUT2D eigenvalue weighted by Crippen LogP contribution is -2.50. The molecule has 0 saturated carbocycles. The molecule has 1 atom stereocenters. The average molecular weight is 312 g/mol. The highest BCUT2D eigenvalue weighted by Crippen LogP contribution is 2.10. The number of nitrogens with zero attached hydrogens (tertiary/aromatic N) is 3. The van der Waals surface area contributed by atoms with E-state index in [1.807, 2.05) is 0 Å². The minimum Gasteiger partial charge on any atom is -0.340 e. The van der Waals surface area contributed by atoms with Crippen molar-refractivity contribution >= 4 is 17.7 Å². The number of carbonyl (C=O) groups is 1. The summed E-state index contributed by atoms with van der Waals surface area (Å²) in [5, 5.41) is 3.18. The van der Waals surface area contributed by atoms with Gasteiger partial charge in [0.2, 0.25) is 5.91 Å². The summed E-state index contributed by atoms with van der Waals surface area (Å²) < 4.78 is 2.41. The molecule has 1 aromatic rings. The van der Waals surface area contributed by atoms with Crippen molar-refractivity contribution < 1.29 is 4.79 Å². The van der Waals surface area contributed by atoms with Crippen LogP contribution in [0.3, 0.4) is 0 Å². The number of rotatable bonds is 3. The maximum atomic E-state index is 12.3. The van der Waals surface area contributed by atoms with E-state index in [0.29, 0.717) is 5.56 Å². The van der Waals surface area contributed by atoms with Gasteiger partial charge in [0.15, 0.2) is 0 Å². The second kappa shape index (κ2) is 6.48. The molecule has 21 heavy (non-hydrogen) atoms. The van der Waals surface area contributed by atoms with Crippen molar-refractivity contribution in [3.8, 4) is 0 Å². The molecular formula is C13H20N4O3S. The van der Waals surface area contributed by atoms with E-state index in [-0.39, 0.29) is 29.7 Å². The van der Waals surface area contributed by atoms with Gasteiger partial charge in [0.05, 0.1) is 18.2 Å². The summed E-state index contributed by atoms with van der Waals surface area (Å²) in [6, 6.07) is -0.204. The Bertz CT molecular complexity index is 646. The van der Waals surface area contributed by atoms with Crippen LogP contribution in [0.5, 0.6) is 0 Å². The Morgan fingerprint density at radius 2 is 2.19 bits per heavy atom. The van der Waals surface area contributed by atoms with Crippen molar-refractivity contribution in [1.82, 2.24) is 19.4 Å². The number of aromatic nitrogens is 2. The maximum absolute atomic E-state index is 12.3. The number of hydrogen-bond acceptors (Lipinski definition) is 5. The topological polar surface area (TPSA) is 76.3 Å². The third-order valence-electron chi connectivity index (χ3n) is 3.52. The summed E-state index contributed by atoms with van der Waals surface area (Å²) in [5.74, 6) is 1.72. The Kier molecular flexibility index (Phi) is 4.89. The first-order chi connectivity index (χ1) is 9.91. The molecule has 7 nitrogen and oxygen atoms in total. The second-order valence-electron chi connectivity index (χ2n) is 5.19. The summed E-state index contributed by atoms with van der Waals surface area (Å²) in [5.41, 5.74) is -0.300. The zero-order chi connectivity index (χ0) is 15.6. The molecule has 2 rings (SSSR count). The van der Waals surface area contributed by atoms with Gasteiger partial charge >= 0.3 is 5.69 Å². The molecule has 1 fully saturated rings. The van der Waals surface area contributed by atoms with Crippen LogP contribution < -0.4 is 16.6 Å². The number of amides is 1. The molecule has 116 valence electrons. The smallest absolute Gasteiger partial charge is 0.330 e. The van der Waals surface area contributed by atoms with Gasteiger partial charge in [0.1, 0.15) is 0 Å². The predicted molar refractivity (Wildman–Crippen MR) is 82.5 cm³/mol. The van der Waals surface area contributed by atoms with Gasteiger partial charge in [-0.3, -0.25) is 14.2 Å². The fourth-order valence-electron chi connectivity index (χ4n) is 2.32. The predicted octanol–water partition coefficient (Wildman–Crippen LogP) is -1.25. The monoisotopic (exact) mass is 312 g/mol. The number of thioether (sulfide) groups is 1. The van der Waals surface area contributed by atoms with Gasteiger partial charge in [-0.1, -0.05) is 0 Å². The molecule has 0 bridgehead atoms. The van der Waals surface area contributed by atoms with Crippen LogP contribution in [0, 0.1) is 0 Å². The van der Waals surface area contributed by atoms with Crippen LogP contribution in [0.15, 0.2) is 15.8 Å². The molecule has 0 aromatic carbocycles. The number of aryl methyl sites for hydroxylation is 1. The Morgan fingerprint density at radius 3 is 2.81 bits per heavy atom. The van der Waals surface area contributed by atoms with E-state index in [1.165, 1.54) is 22.7 Å². The fraction of sp³-hybridized carbons (Fsp3) is 0.615. The summed E-state index contributed by atoms with van der Waals surface area (Å²) in [7, 11) is 4.70. The first-order valence-corrected chi connectivity index (χ1v) is 7.89. The third-order valence-corrected chi connectivity index (χ3v) is 4.58. The van der Waals surface area contributed by atoms with E-state index in [4.69, 9.17) is 0 Å². The minimum atomic E-state index is -0.372. The Hall–Kier alpha value is -1.54. The lowest BCUT2D eigenvalue weighted by atomic mass is 10.2. The zero-order valence-corrected chi connectivity index (χ0v) is 13.3. The SMILES string of the molecule is CN(Cc1cn(C)c(=O)n(C)c1=O)C(=O)C1CSCCN1. The van der Waals surface area contributed by atoms with E-state index in [2.05, 4.69) is 5.32 Å². The summed E-state index contributed by atoms with van der Waals surface area (Å²) in [4.78, 5) is 37.6. The molecule has 1 N–H and O–H groups in total. The number of hydrogen-bond donors (Lipinski definition) is 1. The van der Waals surface area contributed by atoms with E-state index in [1.54, 1.807) is 25.9 Å². The van der Waals surface area contributed by atoms with Crippen LogP contribution in [0.2, 0.25) is 0 Å². The van der Waals surface area contributed by atoms with Gasteiger partial charge in [-0.05, 0) is 0 Å². The molecule has 1 unspecified atom stereocenters. The Morgan fingerprint density at radius 1 is 1.48 bits per heavy atom. The molecule has 1 aromatic heterocycles. The van der Waals surface area contributed by atoms with Gasteiger partial charge in [0, 0.05) is 45.4 Å². The molecule has 1 aliphatic rings. The van der Waals surface area contributed by atoms with E-state index < -0.39 is 0 Å². The zero-order valence-electron chi connectivity index (χ0n) is 12.5. The van der Waals surface area contributed by atoms with Gasteiger partial charge in [-0.15, -0.1) is 0 Å². The van der Waals surface area contributed by atoms with Crippen LogP contribution in [0.25, 0.3) is 0 Å². The minimum absolute atomic E-state index is 0.0295. The van der Waals surface area contributed by atoms with E-state index in [9.17, 15) is 14.4 Å². The van der Waals surface area contributed by atoms with Gasteiger partial charge in [0.25, 0.3) is 5.56 Å². The quantitative estimate of drug-likeness (QED) is 0.754. The highest BCUT2D eigenvalue weighted by atomic mass is 32.2. The van der Waals surface area contributed by atoms with Crippen LogP contribution in [-0.4, -0.2) is 51.1 Å². The van der Waals surface area contributed by atoms with Crippen molar-refractivity contribution in [3.05, 3.63) is 32.6 Å².